The zero-order chi connectivity index (χ0) is 18.7. The number of hydrogen-bond donors (Lipinski definition) is 0. The molecule has 1 aromatic carbocycles. The Bertz CT molecular complexity index is 744. The van der Waals surface area contributed by atoms with Crippen LogP contribution in [0.15, 0.2) is 24.3 Å². The number of aromatic nitrogens is 3. The lowest BCUT2D eigenvalue weighted by molar-refractivity contribution is -0.143. The molecule has 0 spiro atoms. The molecule has 0 N–H and O–H groups in total. The second-order valence-electron chi connectivity index (χ2n) is 6.69. The fourth-order valence-corrected chi connectivity index (χ4v) is 3.42. The average Bonchev–Trinajstić information content (AvgIpc) is 3.13. The Morgan fingerprint density at radius 2 is 2.04 bits per heavy atom. The lowest BCUT2D eigenvalue weighted by Crippen LogP contribution is -2.29. The Morgan fingerprint density at radius 3 is 2.69 bits per heavy atom. The number of para-hydroxylation sites is 1. The highest BCUT2D eigenvalue weighted by Crippen LogP contribution is 2.24. The number of methoxy groups -OCH3 is 1. The maximum absolute atomic E-state index is 12.9. The van der Waals surface area contributed by atoms with Gasteiger partial charge in [0, 0.05) is 24.4 Å². The first kappa shape index (κ1) is 18.7. The van der Waals surface area contributed by atoms with Crippen molar-refractivity contribution < 1.29 is 17.9 Å². The van der Waals surface area contributed by atoms with Crippen molar-refractivity contribution in [3.63, 3.8) is 0 Å². The van der Waals surface area contributed by atoms with Crippen LogP contribution in [-0.4, -0.2) is 52.6 Å². The summed E-state index contributed by atoms with van der Waals surface area (Å²) in [6.07, 6.45) is -1.49. The third kappa shape index (κ3) is 4.55. The molecule has 0 aliphatic carbocycles. The van der Waals surface area contributed by atoms with E-state index in [0.29, 0.717) is 30.2 Å². The molecule has 26 heavy (non-hydrogen) atoms. The molecule has 0 unspecified atom stereocenters. The summed E-state index contributed by atoms with van der Waals surface area (Å²) in [6.45, 7) is -0.149. The van der Waals surface area contributed by atoms with E-state index in [-0.39, 0.29) is 6.04 Å². The summed E-state index contributed by atoms with van der Waals surface area (Å²) in [5.74, 6) is 1.46. The third-order valence-corrected chi connectivity index (χ3v) is 4.75. The Morgan fingerprint density at radius 1 is 1.27 bits per heavy atom. The van der Waals surface area contributed by atoms with Gasteiger partial charge in [0.05, 0.1) is 7.11 Å². The summed E-state index contributed by atoms with van der Waals surface area (Å²) in [5, 5.41) is 4.14. The van der Waals surface area contributed by atoms with Gasteiger partial charge in [-0.05, 0) is 32.5 Å². The predicted octanol–water partition coefficient (Wildman–Crippen LogP) is 3.08. The first-order valence-electron chi connectivity index (χ1n) is 8.67. The minimum Gasteiger partial charge on any atom is -0.496 e. The van der Waals surface area contributed by atoms with E-state index >= 15 is 0 Å². The highest BCUT2D eigenvalue weighted by molar-refractivity contribution is 5.35. The van der Waals surface area contributed by atoms with Gasteiger partial charge in [0.15, 0.2) is 5.82 Å². The van der Waals surface area contributed by atoms with Crippen molar-refractivity contribution in [1.29, 1.82) is 0 Å². The summed E-state index contributed by atoms with van der Waals surface area (Å²) in [7, 11) is 3.56. The Labute approximate surface area is 150 Å². The Kier molecular flexibility index (Phi) is 5.50. The second-order valence-corrected chi connectivity index (χ2v) is 6.69. The maximum Gasteiger partial charge on any atom is 0.408 e. The van der Waals surface area contributed by atoms with Crippen molar-refractivity contribution in [2.24, 2.45) is 0 Å². The third-order valence-electron chi connectivity index (χ3n) is 4.75. The fourth-order valence-electron chi connectivity index (χ4n) is 3.42. The Hall–Kier alpha value is -2.09. The van der Waals surface area contributed by atoms with Crippen molar-refractivity contribution in [1.82, 2.24) is 19.7 Å². The van der Waals surface area contributed by atoms with Crippen LogP contribution in [0, 0.1) is 0 Å². The van der Waals surface area contributed by atoms with E-state index in [4.69, 9.17) is 4.74 Å². The van der Waals surface area contributed by atoms with Crippen LogP contribution >= 0.6 is 0 Å². The van der Waals surface area contributed by atoms with Crippen LogP contribution < -0.4 is 4.74 Å². The van der Waals surface area contributed by atoms with Crippen molar-refractivity contribution in [3.05, 3.63) is 41.5 Å². The molecule has 1 saturated heterocycles. The molecule has 1 aliphatic heterocycles. The van der Waals surface area contributed by atoms with Gasteiger partial charge in [-0.3, -0.25) is 0 Å². The first-order valence-corrected chi connectivity index (χ1v) is 8.67. The molecule has 8 heteroatoms. The normalized spacial score (nSPS) is 18.4. The van der Waals surface area contributed by atoms with E-state index in [1.165, 1.54) is 0 Å². The summed E-state index contributed by atoms with van der Waals surface area (Å²) in [6, 6.07) is 7.60. The monoisotopic (exact) mass is 368 g/mol. The van der Waals surface area contributed by atoms with Crippen molar-refractivity contribution in [2.45, 2.75) is 44.4 Å². The lowest BCUT2D eigenvalue weighted by Gasteiger charge is -2.19. The lowest BCUT2D eigenvalue weighted by atomic mass is 10.1. The van der Waals surface area contributed by atoms with E-state index in [1.54, 1.807) is 7.11 Å². The summed E-state index contributed by atoms with van der Waals surface area (Å²) >= 11 is 0. The summed E-state index contributed by atoms with van der Waals surface area (Å²) < 4.78 is 45.2. The van der Waals surface area contributed by atoms with Crippen LogP contribution in [0.25, 0.3) is 0 Å². The van der Waals surface area contributed by atoms with Gasteiger partial charge in [-0.25, -0.2) is 9.67 Å². The molecular formula is C18H23F3N4O. The molecule has 0 saturated carbocycles. The van der Waals surface area contributed by atoms with Crippen LogP contribution in [0.2, 0.25) is 0 Å². The van der Waals surface area contributed by atoms with Crippen LogP contribution in [0.3, 0.4) is 0 Å². The summed E-state index contributed by atoms with van der Waals surface area (Å²) in [4.78, 5) is 6.61. The van der Waals surface area contributed by atoms with Gasteiger partial charge in [-0.2, -0.15) is 18.3 Å². The zero-order valence-corrected chi connectivity index (χ0v) is 15.0. The van der Waals surface area contributed by atoms with Crippen molar-refractivity contribution >= 4 is 0 Å². The molecule has 0 amide bonds. The standard InChI is InChI=1S/C18H23F3N4O/c1-24-9-5-7-14(24)11-17-22-16(23-25(17)12-18(19,20)21)10-13-6-3-4-8-15(13)26-2/h3-4,6,8,14H,5,7,9-12H2,1-2H3/t14-/m1/s1. The quantitative estimate of drug-likeness (QED) is 0.786. The topological polar surface area (TPSA) is 43.2 Å². The second kappa shape index (κ2) is 7.65. The highest BCUT2D eigenvalue weighted by Gasteiger charge is 2.32. The molecule has 2 heterocycles. The van der Waals surface area contributed by atoms with Gasteiger partial charge in [-0.15, -0.1) is 0 Å². The van der Waals surface area contributed by atoms with Crippen LogP contribution in [0.4, 0.5) is 13.2 Å². The Balaban J connectivity index is 1.85. The molecule has 142 valence electrons. The highest BCUT2D eigenvalue weighted by atomic mass is 19.4. The molecule has 3 rings (SSSR count). The smallest absolute Gasteiger partial charge is 0.408 e. The van der Waals surface area contributed by atoms with Gasteiger partial charge >= 0.3 is 6.18 Å². The molecule has 0 bridgehead atoms. The first-order chi connectivity index (χ1) is 12.4. The molecule has 1 atom stereocenters. The number of likely N-dealkylation sites (N-methyl/N-ethyl adjacent to an activating group) is 1. The number of rotatable bonds is 6. The van der Waals surface area contributed by atoms with Gasteiger partial charge in [0.25, 0.3) is 0 Å². The van der Waals surface area contributed by atoms with E-state index in [1.807, 2.05) is 31.3 Å². The van der Waals surface area contributed by atoms with Crippen molar-refractivity contribution in [2.75, 3.05) is 20.7 Å². The van der Waals surface area contributed by atoms with Gasteiger partial charge < -0.3 is 9.64 Å². The van der Waals surface area contributed by atoms with E-state index < -0.39 is 12.7 Å². The number of hydrogen-bond acceptors (Lipinski definition) is 4. The number of alkyl halides is 3. The maximum atomic E-state index is 12.9. The minimum atomic E-state index is -4.33. The average molecular weight is 368 g/mol. The number of likely N-dealkylation sites (tertiary alicyclic amines) is 1. The van der Waals surface area contributed by atoms with Gasteiger partial charge in [0.1, 0.15) is 18.1 Å². The number of benzene rings is 1. The fraction of sp³-hybridized carbons (Fsp3) is 0.556. The number of halogens is 3. The van der Waals surface area contributed by atoms with Gasteiger partial charge in [0.2, 0.25) is 0 Å². The largest absolute Gasteiger partial charge is 0.496 e. The SMILES string of the molecule is COc1ccccc1Cc1nc(C[C@H]2CCCN2C)n(CC(F)(F)F)n1. The molecule has 0 radical (unpaired) electrons. The molecule has 2 aromatic rings. The molecule has 5 nitrogen and oxygen atoms in total. The van der Waals surface area contributed by atoms with Crippen molar-refractivity contribution in [3.8, 4) is 5.75 Å². The van der Waals surface area contributed by atoms with Gasteiger partial charge in [-0.1, -0.05) is 18.2 Å². The molecule has 1 aliphatic rings. The van der Waals surface area contributed by atoms with Crippen LogP contribution in [-0.2, 0) is 19.4 Å². The summed E-state index contributed by atoms with van der Waals surface area (Å²) in [5.41, 5.74) is 0.851. The molecule has 1 fully saturated rings. The minimum absolute atomic E-state index is 0.213. The predicted molar refractivity (Wildman–Crippen MR) is 91.2 cm³/mol. The van der Waals surface area contributed by atoms with Crippen LogP contribution in [0.5, 0.6) is 5.75 Å². The molecular weight excluding hydrogens is 345 g/mol. The number of ether oxygens (including phenoxy) is 1. The van der Waals surface area contributed by atoms with E-state index in [2.05, 4.69) is 15.0 Å². The van der Waals surface area contributed by atoms with Crippen LogP contribution in [0.1, 0.15) is 30.1 Å². The zero-order valence-electron chi connectivity index (χ0n) is 15.0. The van der Waals surface area contributed by atoms with E-state index in [9.17, 15) is 13.2 Å². The molecule has 1 aromatic heterocycles. The van der Waals surface area contributed by atoms with E-state index in [0.717, 1.165) is 29.6 Å². The number of nitrogens with zero attached hydrogens (tertiary/aromatic N) is 4.